The minimum absolute atomic E-state index is 0.0449. The molecule has 0 saturated heterocycles. The smallest absolute Gasteiger partial charge is 0.242 e. The largest absolute Gasteiger partial charge is 0.398 e. The summed E-state index contributed by atoms with van der Waals surface area (Å²) in [6.07, 6.45) is 3.03. The van der Waals surface area contributed by atoms with Gasteiger partial charge in [-0.25, -0.2) is 13.1 Å². The van der Waals surface area contributed by atoms with E-state index in [2.05, 4.69) is 11.6 Å². The Kier molecular flexibility index (Phi) is 4.08. The molecule has 0 heterocycles. The predicted molar refractivity (Wildman–Crippen MR) is 77.7 cm³/mol. The fourth-order valence-electron chi connectivity index (χ4n) is 2.22. The van der Waals surface area contributed by atoms with Crippen LogP contribution in [0.25, 0.3) is 0 Å². The predicted octanol–water partition coefficient (Wildman–Crippen LogP) is 2.70. The van der Waals surface area contributed by atoms with Crippen LogP contribution in [0.15, 0.2) is 17.0 Å². The number of anilines is 1. The third-order valence-corrected chi connectivity index (χ3v) is 5.45. The van der Waals surface area contributed by atoms with Crippen molar-refractivity contribution in [3.63, 3.8) is 0 Å². The van der Waals surface area contributed by atoms with Gasteiger partial charge in [0.2, 0.25) is 10.0 Å². The molecule has 1 aromatic carbocycles. The highest BCUT2D eigenvalue weighted by Crippen LogP contribution is 2.36. The van der Waals surface area contributed by atoms with Crippen molar-refractivity contribution in [2.45, 2.75) is 44.0 Å². The number of nitrogen functional groups attached to an aromatic ring is 1. The van der Waals surface area contributed by atoms with Crippen LogP contribution in [0.4, 0.5) is 5.69 Å². The molecule has 0 bridgehead atoms. The maximum atomic E-state index is 12.3. The number of nitrogens with two attached hydrogens (primary N) is 1. The summed E-state index contributed by atoms with van der Waals surface area (Å²) < 4.78 is 27.2. The van der Waals surface area contributed by atoms with Crippen molar-refractivity contribution >= 4 is 27.3 Å². The van der Waals surface area contributed by atoms with E-state index < -0.39 is 10.0 Å². The number of nitrogens with one attached hydrogen (secondary N) is 1. The van der Waals surface area contributed by atoms with Gasteiger partial charge in [0.05, 0.1) is 5.02 Å². The van der Waals surface area contributed by atoms with Crippen LogP contribution in [0.2, 0.25) is 5.02 Å². The molecule has 0 aromatic heterocycles. The fraction of sp³-hybridized carbons (Fsp3) is 0.538. The van der Waals surface area contributed by atoms with E-state index in [1.165, 1.54) is 6.07 Å². The summed E-state index contributed by atoms with van der Waals surface area (Å²) in [6.45, 7) is 3.89. The summed E-state index contributed by atoms with van der Waals surface area (Å²) in [7, 11) is -3.58. The van der Waals surface area contributed by atoms with Gasteiger partial charge in [0.25, 0.3) is 0 Å². The molecule has 1 aromatic rings. The number of hydrogen-bond acceptors (Lipinski definition) is 3. The summed E-state index contributed by atoms with van der Waals surface area (Å²) in [5, 5.41) is 0.215. The lowest BCUT2D eigenvalue weighted by Crippen LogP contribution is -2.27. The highest BCUT2D eigenvalue weighted by atomic mass is 35.5. The average Bonchev–Trinajstić information content (AvgIpc) is 3.01. The Morgan fingerprint density at radius 1 is 1.47 bits per heavy atom. The van der Waals surface area contributed by atoms with Crippen molar-refractivity contribution in [3.05, 3.63) is 22.7 Å². The molecular weight excluding hydrogens is 284 g/mol. The molecule has 3 N–H and O–H groups in total. The van der Waals surface area contributed by atoms with Gasteiger partial charge >= 0.3 is 0 Å². The van der Waals surface area contributed by atoms with E-state index in [-0.39, 0.29) is 16.0 Å². The van der Waals surface area contributed by atoms with E-state index in [9.17, 15) is 8.42 Å². The van der Waals surface area contributed by atoms with Gasteiger partial charge in [-0.05, 0) is 43.4 Å². The molecule has 1 fully saturated rings. The number of rotatable bonds is 5. The van der Waals surface area contributed by atoms with E-state index in [4.69, 9.17) is 17.3 Å². The Labute approximate surface area is 119 Å². The third-order valence-electron chi connectivity index (χ3n) is 3.50. The normalized spacial score (nSPS) is 22.5. The molecule has 0 radical (unpaired) electrons. The highest BCUT2D eigenvalue weighted by molar-refractivity contribution is 7.89. The quantitative estimate of drug-likeness (QED) is 0.821. The molecule has 1 aliphatic rings. The van der Waals surface area contributed by atoms with Crippen molar-refractivity contribution in [1.82, 2.24) is 4.72 Å². The van der Waals surface area contributed by atoms with Crippen molar-refractivity contribution in [2.75, 3.05) is 5.73 Å². The number of hydrogen-bond donors (Lipinski definition) is 2. The van der Waals surface area contributed by atoms with Crippen LogP contribution in [0.1, 0.15) is 31.7 Å². The lowest BCUT2D eigenvalue weighted by Gasteiger charge is -2.10. The van der Waals surface area contributed by atoms with Crippen LogP contribution in [0, 0.1) is 12.8 Å². The summed E-state index contributed by atoms with van der Waals surface area (Å²) in [5.74, 6) is 0.460. The SMILES string of the molecule is CCCC1CC1NS(=O)(=O)c1cc(N)c(C)cc1Cl. The van der Waals surface area contributed by atoms with Crippen LogP contribution < -0.4 is 10.5 Å². The van der Waals surface area contributed by atoms with Crippen LogP contribution in [0.5, 0.6) is 0 Å². The van der Waals surface area contributed by atoms with Gasteiger partial charge in [-0.1, -0.05) is 24.9 Å². The second-order valence-electron chi connectivity index (χ2n) is 5.15. The minimum Gasteiger partial charge on any atom is -0.398 e. The molecule has 0 amide bonds. The van der Waals surface area contributed by atoms with Gasteiger partial charge in [0, 0.05) is 11.7 Å². The standard InChI is InChI=1S/C13H19ClN2O2S/c1-3-4-9-6-12(9)16-19(17,18)13-7-11(15)8(2)5-10(13)14/h5,7,9,12,16H,3-4,6,15H2,1-2H3. The summed E-state index contributed by atoms with van der Waals surface area (Å²) in [5.41, 5.74) is 6.97. The molecule has 0 aliphatic heterocycles. The molecule has 2 atom stereocenters. The van der Waals surface area contributed by atoms with E-state index in [0.29, 0.717) is 11.6 Å². The second kappa shape index (κ2) is 5.31. The molecule has 6 heteroatoms. The first kappa shape index (κ1) is 14.6. The summed E-state index contributed by atoms with van der Waals surface area (Å²) in [4.78, 5) is 0.0689. The Balaban J connectivity index is 2.19. The van der Waals surface area contributed by atoms with E-state index in [0.717, 1.165) is 24.8 Å². The number of aryl methyl sites for hydroxylation is 1. The topological polar surface area (TPSA) is 72.2 Å². The van der Waals surface area contributed by atoms with Crippen molar-refractivity contribution in [3.8, 4) is 0 Å². The first-order valence-corrected chi connectivity index (χ1v) is 8.29. The van der Waals surface area contributed by atoms with Gasteiger partial charge < -0.3 is 5.73 Å². The number of sulfonamides is 1. The van der Waals surface area contributed by atoms with Gasteiger partial charge in [-0.2, -0.15) is 0 Å². The zero-order valence-electron chi connectivity index (χ0n) is 11.1. The lowest BCUT2D eigenvalue weighted by molar-refractivity contribution is 0.573. The molecule has 0 spiro atoms. The second-order valence-corrected chi connectivity index (χ2v) is 7.24. The highest BCUT2D eigenvalue weighted by Gasteiger charge is 2.39. The van der Waals surface area contributed by atoms with Crippen LogP contribution >= 0.6 is 11.6 Å². The third kappa shape index (κ3) is 3.22. The zero-order valence-corrected chi connectivity index (χ0v) is 12.7. The van der Waals surface area contributed by atoms with Crippen molar-refractivity contribution in [1.29, 1.82) is 0 Å². The summed E-state index contributed by atoms with van der Waals surface area (Å²) >= 11 is 6.01. The molecule has 106 valence electrons. The van der Waals surface area contributed by atoms with Crippen molar-refractivity contribution < 1.29 is 8.42 Å². The maximum absolute atomic E-state index is 12.3. The van der Waals surface area contributed by atoms with Crippen LogP contribution in [-0.2, 0) is 10.0 Å². The van der Waals surface area contributed by atoms with E-state index >= 15 is 0 Å². The summed E-state index contributed by atoms with van der Waals surface area (Å²) in [6, 6.07) is 3.06. The van der Waals surface area contributed by atoms with E-state index in [1.807, 2.05) is 0 Å². The molecular formula is C13H19ClN2O2S. The van der Waals surface area contributed by atoms with Crippen LogP contribution in [-0.4, -0.2) is 14.5 Å². The lowest BCUT2D eigenvalue weighted by atomic mass is 10.2. The molecule has 19 heavy (non-hydrogen) atoms. The zero-order chi connectivity index (χ0) is 14.2. The average molecular weight is 303 g/mol. The molecule has 1 aliphatic carbocycles. The Morgan fingerprint density at radius 2 is 2.16 bits per heavy atom. The molecule has 4 nitrogen and oxygen atoms in total. The first-order chi connectivity index (χ1) is 8.85. The van der Waals surface area contributed by atoms with Crippen LogP contribution in [0.3, 0.4) is 0 Å². The minimum atomic E-state index is -3.58. The number of benzene rings is 1. The maximum Gasteiger partial charge on any atom is 0.242 e. The Morgan fingerprint density at radius 3 is 2.79 bits per heavy atom. The Bertz CT molecular complexity index is 587. The van der Waals surface area contributed by atoms with Gasteiger partial charge in [-0.15, -0.1) is 0 Å². The van der Waals surface area contributed by atoms with Gasteiger partial charge in [0.1, 0.15) is 4.90 Å². The fourth-order valence-corrected chi connectivity index (χ4v) is 4.15. The van der Waals surface area contributed by atoms with E-state index in [1.54, 1.807) is 13.0 Å². The molecule has 2 unspecified atom stereocenters. The monoisotopic (exact) mass is 302 g/mol. The number of halogens is 1. The Hall–Kier alpha value is -0.780. The van der Waals surface area contributed by atoms with Gasteiger partial charge in [0.15, 0.2) is 0 Å². The molecule has 1 saturated carbocycles. The molecule has 2 rings (SSSR count). The van der Waals surface area contributed by atoms with Gasteiger partial charge in [-0.3, -0.25) is 0 Å². The van der Waals surface area contributed by atoms with Crippen molar-refractivity contribution in [2.24, 2.45) is 5.92 Å². The first-order valence-electron chi connectivity index (χ1n) is 6.43.